The van der Waals surface area contributed by atoms with Gasteiger partial charge in [0.1, 0.15) is 54.5 Å². The number of amides is 2. The monoisotopic (exact) mass is 1310 g/mol. The Hall–Kier alpha value is -1.75. The van der Waals surface area contributed by atoms with Gasteiger partial charge in [-0.2, -0.15) is 0 Å². The number of carbonyl (C=O) groups is 3. The van der Waals surface area contributed by atoms with E-state index in [1.54, 1.807) is 7.11 Å². The Labute approximate surface area is 536 Å². The number of carbonyl (C=O) groups excluding carboxylic acids is 3. The number of unbranched alkanes of at least 4 members (excludes halogenated alkanes) is 30. The Morgan fingerprint density at radius 2 is 0.921 bits per heavy atom. The topological polar surface area (TPSA) is 294 Å². The van der Waals surface area contributed by atoms with Crippen LogP contribution in [0.25, 0.3) is 0 Å². The van der Waals surface area contributed by atoms with E-state index in [4.69, 9.17) is 42.2 Å². The van der Waals surface area contributed by atoms with E-state index >= 15 is 0 Å². The standard InChI is InChI=1S/C66H126N2O19P2/c1-7-11-15-19-22-25-26-27-28-29-30-32-34-38-42-46-57(70)67-60-64(82-49-47-54(80-6)45-41-36-18-14-10-4)62(86-88(73,74)75)56(51-79-5)85-65(60)83-52-55-61(72)63(81-48-43-39-35-24-21-17-13-9-3)59(66(84-55)87-89(76,77)78)68-58(71)50-53(69)44-40-37-33-31-23-20-16-12-8-2/h25-26,54-56,59-66,72H,7-24,27-52H2,1-6H3,(H,67,70)(H,68,71)(H2,73,74,75)(H2,76,77,78)/b26-25-/t54?,55?,56?,59-,60-,61-,62?,63?,64?,65?,66?/m1/s1. The molecule has 524 valence electrons. The summed E-state index contributed by atoms with van der Waals surface area (Å²) in [5.41, 5.74) is 0. The average Bonchev–Trinajstić information content (AvgIpc) is 0.966. The molecule has 8 unspecified atom stereocenters. The number of rotatable bonds is 59. The summed E-state index contributed by atoms with van der Waals surface area (Å²) in [7, 11) is -7.69. The SMILES string of the molecule is CCCCCC/C=C\CCCCCCCCCC(=O)N[C@H]1C(OCC2OC(OP(=O)(O)O)[C@H](NC(=O)CC(=O)CCCCCCCCCCC)C(OCCCCCCCCCC)[C@@H]2O)OC(COC)C(OP(=O)(O)O)C1OCCC(CCCCCCC)OC. The van der Waals surface area contributed by atoms with Crippen LogP contribution < -0.4 is 10.6 Å². The number of phosphoric acid groups is 2. The molecular weight excluding hydrogens is 1190 g/mol. The summed E-state index contributed by atoms with van der Waals surface area (Å²) < 4.78 is 79.3. The molecule has 2 heterocycles. The number of allylic oxidation sites excluding steroid dienone is 2. The summed E-state index contributed by atoms with van der Waals surface area (Å²) in [5.74, 6) is -1.52. The molecule has 11 atom stereocenters. The van der Waals surface area contributed by atoms with Crippen molar-refractivity contribution in [2.24, 2.45) is 0 Å². The molecule has 0 saturated carbocycles. The Bertz CT molecular complexity index is 1900. The van der Waals surface area contributed by atoms with Crippen molar-refractivity contribution in [2.75, 3.05) is 40.6 Å². The molecular formula is C66H126N2O19P2. The highest BCUT2D eigenvalue weighted by molar-refractivity contribution is 7.46. The molecule has 0 bridgehead atoms. The molecule has 0 radical (unpaired) electrons. The molecule has 0 aromatic carbocycles. The van der Waals surface area contributed by atoms with Crippen LogP contribution in [-0.4, -0.2) is 150 Å². The molecule has 2 saturated heterocycles. The van der Waals surface area contributed by atoms with Crippen molar-refractivity contribution in [3.63, 3.8) is 0 Å². The largest absolute Gasteiger partial charge is 0.472 e. The van der Waals surface area contributed by atoms with Crippen molar-refractivity contribution in [2.45, 2.75) is 352 Å². The number of phosphoric ester groups is 2. The lowest BCUT2D eigenvalue weighted by atomic mass is 9.95. The first-order valence-corrected chi connectivity index (χ1v) is 38.1. The van der Waals surface area contributed by atoms with Crippen molar-refractivity contribution in [1.29, 1.82) is 0 Å². The van der Waals surface area contributed by atoms with Crippen LogP contribution in [0.5, 0.6) is 0 Å². The van der Waals surface area contributed by atoms with Gasteiger partial charge in [-0.05, 0) is 57.8 Å². The minimum atomic E-state index is -5.39. The zero-order valence-electron chi connectivity index (χ0n) is 56.0. The number of ketones is 1. The predicted octanol–water partition coefficient (Wildman–Crippen LogP) is 13.6. The Morgan fingerprint density at radius 3 is 1.45 bits per heavy atom. The first kappa shape index (κ1) is 83.3. The van der Waals surface area contributed by atoms with Crippen molar-refractivity contribution >= 4 is 33.2 Å². The van der Waals surface area contributed by atoms with Gasteiger partial charge in [0.15, 0.2) is 12.6 Å². The smallest absolute Gasteiger partial charge is 0.388 e. The van der Waals surface area contributed by atoms with Crippen LogP contribution >= 0.6 is 15.6 Å². The maximum absolute atomic E-state index is 14.1. The van der Waals surface area contributed by atoms with Gasteiger partial charge in [-0.3, -0.25) is 23.4 Å². The minimum Gasteiger partial charge on any atom is -0.388 e. The molecule has 21 nitrogen and oxygen atoms in total. The highest BCUT2D eigenvalue weighted by Crippen LogP contribution is 2.44. The second kappa shape index (κ2) is 52.5. The fourth-order valence-corrected chi connectivity index (χ4v) is 12.7. The van der Waals surface area contributed by atoms with Crippen molar-refractivity contribution in [3.8, 4) is 0 Å². The molecule has 7 N–H and O–H groups in total. The van der Waals surface area contributed by atoms with E-state index in [0.717, 1.165) is 161 Å². The van der Waals surface area contributed by atoms with E-state index in [1.165, 1.54) is 58.5 Å². The first-order valence-electron chi connectivity index (χ1n) is 35.0. The molecule has 2 fully saturated rings. The second-order valence-corrected chi connectivity index (χ2v) is 27.2. The third-order valence-electron chi connectivity index (χ3n) is 16.8. The van der Waals surface area contributed by atoms with Crippen molar-refractivity contribution < 1.29 is 90.4 Å². The summed E-state index contributed by atoms with van der Waals surface area (Å²) in [6, 6.07) is -2.84. The van der Waals surface area contributed by atoms with Crippen LogP contribution in [0.2, 0.25) is 0 Å². The number of methoxy groups -OCH3 is 2. The minimum absolute atomic E-state index is 0.00889. The van der Waals surface area contributed by atoms with Gasteiger partial charge in [0.25, 0.3) is 0 Å². The fourth-order valence-electron chi connectivity index (χ4n) is 11.7. The number of Topliss-reactive ketones (excluding diaryl/α,β-unsaturated/α-hetero) is 1. The molecule has 2 rings (SSSR count). The van der Waals surface area contributed by atoms with E-state index in [-0.39, 0.29) is 44.5 Å². The molecule has 0 aliphatic carbocycles. The van der Waals surface area contributed by atoms with Crippen LogP contribution in [-0.2, 0) is 65.7 Å². The van der Waals surface area contributed by atoms with Gasteiger partial charge in [0.05, 0.1) is 25.7 Å². The number of aliphatic hydroxyl groups is 1. The van der Waals surface area contributed by atoms with Gasteiger partial charge in [0, 0.05) is 40.3 Å². The summed E-state index contributed by atoms with van der Waals surface area (Å²) in [5, 5.41) is 17.9. The van der Waals surface area contributed by atoms with E-state index in [0.29, 0.717) is 25.7 Å². The van der Waals surface area contributed by atoms with E-state index in [9.17, 15) is 48.2 Å². The maximum Gasteiger partial charge on any atom is 0.472 e. The fraction of sp³-hybridized carbons (Fsp3) is 0.924. The van der Waals surface area contributed by atoms with Crippen LogP contribution in [0.3, 0.4) is 0 Å². The molecule has 2 amide bonds. The van der Waals surface area contributed by atoms with Gasteiger partial charge < -0.3 is 68.5 Å². The van der Waals surface area contributed by atoms with E-state index in [1.807, 2.05) is 0 Å². The summed E-state index contributed by atoms with van der Waals surface area (Å²) in [6.45, 7) is 7.91. The highest BCUT2D eigenvalue weighted by atomic mass is 31.2. The lowest BCUT2D eigenvalue weighted by molar-refractivity contribution is -0.301. The average molecular weight is 1310 g/mol. The summed E-state index contributed by atoms with van der Waals surface area (Å²) >= 11 is 0. The van der Waals surface area contributed by atoms with Gasteiger partial charge >= 0.3 is 15.6 Å². The van der Waals surface area contributed by atoms with Gasteiger partial charge in [0.2, 0.25) is 11.8 Å². The lowest BCUT2D eigenvalue weighted by Gasteiger charge is -2.47. The Morgan fingerprint density at radius 1 is 0.472 bits per heavy atom. The molecule has 89 heavy (non-hydrogen) atoms. The zero-order chi connectivity index (χ0) is 65.4. The number of nitrogens with one attached hydrogen (secondary N) is 2. The molecule has 0 aromatic heterocycles. The maximum atomic E-state index is 14.1. The van der Waals surface area contributed by atoms with E-state index < -0.39 is 102 Å². The second-order valence-electron chi connectivity index (χ2n) is 24.8. The van der Waals surface area contributed by atoms with Crippen LogP contribution in [0.1, 0.15) is 285 Å². The number of aliphatic hydroxyl groups excluding tert-OH is 1. The highest BCUT2D eigenvalue weighted by Gasteiger charge is 2.53. The normalized spacial score (nSPS) is 22.9. The molecule has 0 spiro atoms. The summed E-state index contributed by atoms with van der Waals surface area (Å²) in [4.78, 5) is 82.2. The van der Waals surface area contributed by atoms with Gasteiger partial charge in [-0.15, -0.1) is 0 Å². The van der Waals surface area contributed by atoms with Gasteiger partial charge in [-0.25, -0.2) is 9.13 Å². The third kappa shape index (κ3) is 41.0. The number of hydrogen-bond acceptors (Lipinski definition) is 15. The predicted molar refractivity (Wildman–Crippen MR) is 347 cm³/mol. The molecule has 0 aromatic rings. The quantitative estimate of drug-likeness (QED) is 0.0129. The zero-order valence-corrected chi connectivity index (χ0v) is 57.8. The lowest BCUT2D eigenvalue weighted by Crippen LogP contribution is -2.67. The van der Waals surface area contributed by atoms with Crippen LogP contribution in [0.15, 0.2) is 12.2 Å². The Kier molecular flexibility index (Phi) is 49.2. The Balaban J connectivity index is 2.45. The molecule has 2 aliphatic rings. The number of hydrogen-bond donors (Lipinski definition) is 7. The van der Waals surface area contributed by atoms with Crippen LogP contribution in [0, 0.1) is 0 Å². The number of ether oxygens (including phenoxy) is 7. The van der Waals surface area contributed by atoms with Crippen LogP contribution in [0.4, 0.5) is 0 Å². The van der Waals surface area contributed by atoms with Crippen molar-refractivity contribution in [1.82, 2.24) is 10.6 Å². The molecule has 23 heteroatoms. The van der Waals surface area contributed by atoms with Crippen molar-refractivity contribution in [3.05, 3.63) is 12.2 Å². The first-order chi connectivity index (χ1) is 42.9. The molecule has 2 aliphatic heterocycles. The summed E-state index contributed by atoms with van der Waals surface area (Å²) in [6.07, 6.45) is 29.6. The van der Waals surface area contributed by atoms with E-state index in [2.05, 4.69) is 50.5 Å². The van der Waals surface area contributed by atoms with Gasteiger partial charge in [-0.1, -0.05) is 220 Å². The third-order valence-corrected chi connectivity index (χ3v) is 17.8.